The summed E-state index contributed by atoms with van der Waals surface area (Å²) in [7, 11) is 0. The first-order valence-electron chi connectivity index (χ1n) is 9.05. The molecule has 3 aliphatic rings. The van der Waals surface area contributed by atoms with E-state index < -0.39 is 0 Å². The molecule has 0 bridgehead atoms. The molecule has 3 nitrogen and oxygen atoms in total. The molecule has 0 radical (unpaired) electrons. The van der Waals surface area contributed by atoms with Gasteiger partial charge in [0.1, 0.15) is 0 Å². The van der Waals surface area contributed by atoms with Gasteiger partial charge in [-0.2, -0.15) is 0 Å². The maximum absolute atomic E-state index is 11.8. The summed E-state index contributed by atoms with van der Waals surface area (Å²) in [5, 5.41) is 7.16. The summed E-state index contributed by atoms with van der Waals surface area (Å²) in [6, 6.07) is 18.3. The van der Waals surface area contributed by atoms with Crippen molar-refractivity contribution in [3.8, 4) is 11.1 Å². The molecule has 5 rings (SSSR count). The maximum Gasteiger partial charge on any atom is 0.220 e. The quantitative estimate of drug-likeness (QED) is 0.910. The molecule has 2 N–H and O–H groups in total. The van der Waals surface area contributed by atoms with Gasteiger partial charge >= 0.3 is 0 Å². The molecule has 3 heteroatoms. The highest BCUT2D eigenvalue weighted by Crippen LogP contribution is 2.44. The van der Waals surface area contributed by atoms with Crippen molar-refractivity contribution >= 4 is 5.91 Å². The van der Waals surface area contributed by atoms with E-state index in [1.165, 1.54) is 35.1 Å². The van der Waals surface area contributed by atoms with E-state index in [0.29, 0.717) is 24.4 Å². The van der Waals surface area contributed by atoms with Crippen molar-refractivity contribution in [3.05, 3.63) is 59.7 Å². The Morgan fingerprint density at radius 3 is 2.12 bits per heavy atom. The van der Waals surface area contributed by atoms with Crippen LogP contribution in [0.15, 0.2) is 48.5 Å². The van der Waals surface area contributed by atoms with Crippen LogP contribution < -0.4 is 10.6 Å². The maximum atomic E-state index is 11.8. The average Bonchev–Trinajstić information content (AvgIpc) is 3.41. The SMILES string of the molecule is O=C1CC[C@@H](NC2c3ccccc3-c3ccccc32)[C@H](C2CC2)N1. The molecule has 0 unspecified atom stereocenters. The number of nitrogens with one attached hydrogen (secondary N) is 2. The van der Waals surface area contributed by atoms with Gasteiger partial charge in [0.05, 0.1) is 6.04 Å². The zero-order chi connectivity index (χ0) is 16.1. The number of amides is 1. The molecule has 0 aromatic heterocycles. The Hall–Kier alpha value is -2.13. The monoisotopic (exact) mass is 318 g/mol. The summed E-state index contributed by atoms with van der Waals surface area (Å²) >= 11 is 0. The predicted molar refractivity (Wildman–Crippen MR) is 94.5 cm³/mol. The molecule has 2 aromatic carbocycles. The zero-order valence-corrected chi connectivity index (χ0v) is 13.7. The highest BCUT2D eigenvalue weighted by molar-refractivity contribution is 5.79. The van der Waals surface area contributed by atoms with Gasteiger partial charge in [0.15, 0.2) is 0 Å². The summed E-state index contributed by atoms with van der Waals surface area (Å²) in [4.78, 5) is 11.8. The third kappa shape index (κ3) is 2.27. The van der Waals surface area contributed by atoms with Crippen molar-refractivity contribution in [2.24, 2.45) is 5.92 Å². The minimum absolute atomic E-state index is 0.220. The van der Waals surface area contributed by atoms with Crippen LogP contribution in [0.2, 0.25) is 0 Å². The van der Waals surface area contributed by atoms with E-state index in [1.807, 2.05) is 0 Å². The molecule has 0 spiro atoms. The van der Waals surface area contributed by atoms with Gasteiger partial charge in [0.25, 0.3) is 0 Å². The van der Waals surface area contributed by atoms with Crippen LogP contribution in [0, 0.1) is 5.92 Å². The summed E-state index contributed by atoms with van der Waals surface area (Å²) in [6.45, 7) is 0. The van der Waals surface area contributed by atoms with Crippen molar-refractivity contribution in [3.63, 3.8) is 0 Å². The van der Waals surface area contributed by atoms with Crippen molar-refractivity contribution in [1.29, 1.82) is 0 Å². The summed E-state index contributed by atoms with van der Waals surface area (Å²) in [6.07, 6.45) is 4.08. The molecular weight excluding hydrogens is 296 g/mol. The molecule has 1 amide bonds. The summed E-state index contributed by atoms with van der Waals surface area (Å²) in [5.74, 6) is 0.885. The van der Waals surface area contributed by atoms with Gasteiger partial charge in [-0.3, -0.25) is 4.79 Å². The van der Waals surface area contributed by atoms with E-state index >= 15 is 0 Å². The van der Waals surface area contributed by atoms with Crippen LogP contribution >= 0.6 is 0 Å². The lowest BCUT2D eigenvalue weighted by atomic mass is 9.92. The molecule has 2 atom stereocenters. The van der Waals surface area contributed by atoms with Gasteiger partial charge in [-0.25, -0.2) is 0 Å². The van der Waals surface area contributed by atoms with Gasteiger partial charge in [-0.1, -0.05) is 48.5 Å². The van der Waals surface area contributed by atoms with Crippen LogP contribution in [0.1, 0.15) is 42.9 Å². The van der Waals surface area contributed by atoms with E-state index in [2.05, 4.69) is 59.2 Å². The van der Waals surface area contributed by atoms with Crippen molar-refractivity contribution in [2.75, 3.05) is 0 Å². The Bertz CT molecular complexity index is 750. The highest BCUT2D eigenvalue weighted by atomic mass is 16.1. The smallest absolute Gasteiger partial charge is 0.220 e. The second kappa shape index (κ2) is 5.45. The molecule has 2 fully saturated rings. The molecule has 1 aliphatic heterocycles. The lowest BCUT2D eigenvalue weighted by molar-refractivity contribution is -0.124. The van der Waals surface area contributed by atoms with Gasteiger partial charge in [0.2, 0.25) is 5.91 Å². The van der Waals surface area contributed by atoms with E-state index in [-0.39, 0.29) is 11.9 Å². The molecule has 122 valence electrons. The minimum Gasteiger partial charge on any atom is -0.352 e. The number of fused-ring (bicyclic) bond motifs is 3. The minimum atomic E-state index is 0.220. The van der Waals surface area contributed by atoms with Gasteiger partial charge in [-0.15, -0.1) is 0 Å². The van der Waals surface area contributed by atoms with Crippen LogP contribution in [0.3, 0.4) is 0 Å². The van der Waals surface area contributed by atoms with Crippen LogP contribution in [0.5, 0.6) is 0 Å². The molecule has 1 heterocycles. The van der Waals surface area contributed by atoms with Crippen molar-refractivity contribution in [2.45, 2.75) is 43.8 Å². The first kappa shape index (κ1) is 14.2. The number of piperidine rings is 1. The van der Waals surface area contributed by atoms with E-state index in [1.54, 1.807) is 0 Å². The second-order valence-corrected chi connectivity index (χ2v) is 7.35. The van der Waals surface area contributed by atoms with Crippen LogP contribution in [-0.2, 0) is 4.79 Å². The normalized spacial score (nSPS) is 25.9. The molecular formula is C21H22N2O. The number of hydrogen-bond acceptors (Lipinski definition) is 2. The standard InChI is InChI=1S/C21H22N2O/c24-19-12-11-18(20(23-19)13-9-10-13)22-21-16-7-3-1-5-14(16)15-6-2-4-8-17(15)21/h1-8,13,18,20-22H,9-12H2,(H,23,24)/t18-,20+/m1/s1. The lowest BCUT2D eigenvalue weighted by Gasteiger charge is -2.35. The van der Waals surface area contributed by atoms with Gasteiger partial charge in [0, 0.05) is 18.5 Å². The fourth-order valence-electron chi connectivity index (χ4n) is 4.46. The number of rotatable bonds is 3. The number of benzene rings is 2. The molecule has 2 aromatic rings. The van der Waals surface area contributed by atoms with E-state index in [9.17, 15) is 4.79 Å². The summed E-state index contributed by atoms with van der Waals surface area (Å²) < 4.78 is 0. The van der Waals surface area contributed by atoms with Crippen LogP contribution in [0.4, 0.5) is 0 Å². The number of carbonyl (C=O) groups excluding carboxylic acids is 1. The fraction of sp³-hybridized carbons (Fsp3) is 0.381. The third-order valence-electron chi connectivity index (χ3n) is 5.79. The first-order chi connectivity index (χ1) is 11.8. The van der Waals surface area contributed by atoms with Crippen LogP contribution in [0.25, 0.3) is 11.1 Å². The van der Waals surface area contributed by atoms with Gasteiger partial charge < -0.3 is 10.6 Å². The van der Waals surface area contributed by atoms with Crippen molar-refractivity contribution < 1.29 is 4.79 Å². The van der Waals surface area contributed by atoms with Gasteiger partial charge in [-0.05, 0) is 47.4 Å². The number of carbonyl (C=O) groups is 1. The molecule has 2 aliphatic carbocycles. The third-order valence-corrected chi connectivity index (χ3v) is 5.79. The largest absolute Gasteiger partial charge is 0.352 e. The zero-order valence-electron chi connectivity index (χ0n) is 13.7. The Balaban J connectivity index is 1.49. The van der Waals surface area contributed by atoms with Crippen molar-refractivity contribution in [1.82, 2.24) is 10.6 Å². The molecule has 1 saturated heterocycles. The summed E-state index contributed by atoms with van der Waals surface area (Å²) in [5.41, 5.74) is 5.41. The average molecular weight is 318 g/mol. The van der Waals surface area contributed by atoms with Crippen LogP contribution in [-0.4, -0.2) is 18.0 Å². The molecule has 1 saturated carbocycles. The number of hydrogen-bond donors (Lipinski definition) is 2. The first-order valence-corrected chi connectivity index (χ1v) is 9.05. The molecule has 24 heavy (non-hydrogen) atoms. The fourth-order valence-corrected chi connectivity index (χ4v) is 4.46. The second-order valence-electron chi connectivity index (χ2n) is 7.35. The topological polar surface area (TPSA) is 41.1 Å². The Morgan fingerprint density at radius 2 is 1.50 bits per heavy atom. The Labute approximate surface area is 142 Å². The van der Waals surface area contributed by atoms with E-state index in [4.69, 9.17) is 0 Å². The Kier molecular flexibility index (Phi) is 3.23. The predicted octanol–water partition coefficient (Wildman–Crippen LogP) is 3.40. The lowest BCUT2D eigenvalue weighted by Crippen LogP contribution is -2.55. The Morgan fingerprint density at radius 1 is 0.875 bits per heavy atom. The highest BCUT2D eigenvalue weighted by Gasteiger charge is 2.41. The van der Waals surface area contributed by atoms with E-state index in [0.717, 1.165) is 6.42 Å².